The Labute approximate surface area is 134 Å². The van der Waals surface area contributed by atoms with Crippen LogP contribution in [0.1, 0.15) is 26.7 Å². The summed E-state index contributed by atoms with van der Waals surface area (Å²) in [6, 6.07) is 7.11. The summed E-state index contributed by atoms with van der Waals surface area (Å²) in [7, 11) is 0. The van der Waals surface area contributed by atoms with Crippen molar-refractivity contribution in [3.8, 4) is 0 Å². The topological polar surface area (TPSA) is 86.7 Å². The standard InChI is InChI=1S/C17H20N2O4/c1-17(2)13(14(17)16(22)23)15(21)18-10-5-3-6-11(9-10)19-8-4-7-12(19)20/h3,5-6,9,13-14H,4,7-8H2,1-2H3,(H,18,21)(H,22,23)/t13-,14+/m0/s1. The van der Waals surface area contributed by atoms with Crippen LogP contribution in [-0.4, -0.2) is 29.4 Å². The molecule has 6 heteroatoms. The van der Waals surface area contributed by atoms with Crippen LogP contribution >= 0.6 is 0 Å². The summed E-state index contributed by atoms with van der Waals surface area (Å²) in [5.74, 6) is -2.32. The quantitative estimate of drug-likeness (QED) is 0.890. The molecule has 0 bridgehead atoms. The maximum atomic E-state index is 12.3. The molecule has 2 fully saturated rings. The molecule has 0 spiro atoms. The maximum absolute atomic E-state index is 12.3. The third-order valence-corrected chi connectivity index (χ3v) is 4.87. The number of carbonyl (C=O) groups is 3. The van der Waals surface area contributed by atoms with Gasteiger partial charge in [0.1, 0.15) is 0 Å². The van der Waals surface area contributed by atoms with E-state index in [-0.39, 0.29) is 11.8 Å². The minimum atomic E-state index is -0.938. The second kappa shape index (κ2) is 5.37. The van der Waals surface area contributed by atoms with Crippen LogP contribution < -0.4 is 10.2 Å². The van der Waals surface area contributed by atoms with Gasteiger partial charge in [0.2, 0.25) is 11.8 Å². The molecule has 2 aliphatic rings. The van der Waals surface area contributed by atoms with Crippen molar-refractivity contribution in [1.82, 2.24) is 0 Å². The van der Waals surface area contributed by atoms with Gasteiger partial charge in [-0.15, -0.1) is 0 Å². The molecule has 0 radical (unpaired) electrons. The molecule has 1 aliphatic heterocycles. The molecule has 2 atom stereocenters. The molecule has 3 rings (SSSR count). The van der Waals surface area contributed by atoms with E-state index in [0.29, 0.717) is 18.7 Å². The van der Waals surface area contributed by atoms with Crippen molar-refractivity contribution in [3.63, 3.8) is 0 Å². The highest BCUT2D eigenvalue weighted by atomic mass is 16.4. The monoisotopic (exact) mass is 316 g/mol. The van der Waals surface area contributed by atoms with Gasteiger partial charge in [-0.3, -0.25) is 14.4 Å². The lowest BCUT2D eigenvalue weighted by Crippen LogP contribution is -2.24. The number of carboxylic acid groups (broad SMARTS) is 1. The highest BCUT2D eigenvalue weighted by molar-refractivity contribution is 6.01. The summed E-state index contributed by atoms with van der Waals surface area (Å²) in [5.41, 5.74) is 0.813. The van der Waals surface area contributed by atoms with E-state index in [1.54, 1.807) is 36.9 Å². The first-order chi connectivity index (χ1) is 10.8. The fraction of sp³-hybridized carbons (Fsp3) is 0.471. The summed E-state index contributed by atoms with van der Waals surface area (Å²) in [4.78, 5) is 37.0. The SMILES string of the molecule is CC1(C)[C@H](C(=O)Nc2cccc(N3CCCC3=O)c2)[C@@H]1C(=O)O. The molecule has 0 unspecified atom stereocenters. The summed E-state index contributed by atoms with van der Waals surface area (Å²) in [6.45, 7) is 4.26. The van der Waals surface area contributed by atoms with E-state index >= 15 is 0 Å². The molecule has 1 aromatic carbocycles. The number of carboxylic acids is 1. The van der Waals surface area contributed by atoms with Crippen LogP contribution in [0.15, 0.2) is 24.3 Å². The number of rotatable bonds is 4. The number of anilines is 2. The van der Waals surface area contributed by atoms with E-state index in [4.69, 9.17) is 5.11 Å². The molecule has 122 valence electrons. The Morgan fingerprint density at radius 2 is 2.04 bits per heavy atom. The maximum Gasteiger partial charge on any atom is 0.307 e. The largest absolute Gasteiger partial charge is 0.481 e. The molecule has 2 N–H and O–H groups in total. The van der Waals surface area contributed by atoms with E-state index in [0.717, 1.165) is 12.1 Å². The van der Waals surface area contributed by atoms with Gasteiger partial charge in [0, 0.05) is 24.3 Å². The molecule has 6 nitrogen and oxygen atoms in total. The molecule has 1 saturated heterocycles. The number of benzene rings is 1. The third-order valence-electron chi connectivity index (χ3n) is 4.87. The van der Waals surface area contributed by atoms with Crippen molar-refractivity contribution in [2.24, 2.45) is 17.3 Å². The van der Waals surface area contributed by atoms with Crippen LogP contribution in [0, 0.1) is 17.3 Å². The third kappa shape index (κ3) is 2.69. The van der Waals surface area contributed by atoms with Crippen LogP contribution in [-0.2, 0) is 14.4 Å². The Bertz CT molecular complexity index is 683. The zero-order valence-corrected chi connectivity index (χ0v) is 13.2. The zero-order chi connectivity index (χ0) is 16.8. The first-order valence-electron chi connectivity index (χ1n) is 7.76. The van der Waals surface area contributed by atoms with Gasteiger partial charge < -0.3 is 15.3 Å². The predicted molar refractivity (Wildman–Crippen MR) is 85.1 cm³/mol. The summed E-state index contributed by atoms with van der Waals surface area (Å²) >= 11 is 0. The smallest absolute Gasteiger partial charge is 0.307 e. The number of nitrogens with zero attached hydrogens (tertiary/aromatic N) is 1. The van der Waals surface area contributed by atoms with Gasteiger partial charge in [-0.2, -0.15) is 0 Å². The first kappa shape index (κ1) is 15.5. The van der Waals surface area contributed by atoms with Crippen molar-refractivity contribution < 1.29 is 19.5 Å². The van der Waals surface area contributed by atoms with Crippen molar-refractivity contribution in [2.45, 2.75) is 26.7 Å². The van der Waals surface area contributed by atoms with Crippen LogP contribution in [0.4, 0.5) is 11.4 Å². The lowest BCUT2D eigenvalue weighted by atomic mass is 10.1. The van der Waals surface area contributed by atoms with E-state index in [9.17, 15) is 14.4 Å². The average Bonchev–Trinajstić information content (AvgIpc) is 2.83. The van der Waals surface area contributed by atoms with Gasteiger partial charge in [0.25, 0.3) is 0 Å². The minimum Gasteiger partial charge on any atom is -0.481 e. The van der Waals surface area contributed by atoms with Crippen molar-refractivity contribution in [3.05, 3.63) is 24.3 Å². The second-order valence-electron chi connectivity index (χ2n) is 6.80. The van der Waals surface area contributed by atoms with E-state index < -0.39 is 23.2 Å². The molecular weight excluding hydrogens is 296 g/mol. The summed E-state index contributed by atoms with van der Waals surface area (Å²) < 4.78 is 0. The van der Waals surface area contributed by atoms with Gasteiger partial charge in [-0.25, -0.2) is 0 Å². The summed E-state index contributed by atoms with van der Waals surface area (Å²) in [5, 5.41) is 11.9. The van der Waals surface area contributed by atoms with Gasteiger partial charge >= 0.3 is 5.97 Å². The van der Waals surface area contributed by atoms with Crippen molar-refractivity contribution in [1.29, 1.82) is 0 Å². The number of hydrogen-bond acceptors (Lipinski definition) is 3. The van der Waals surface area contributed by atoms with Gasteiger partial charge in [0.05, 0.1) is 11.8 Å². The molecule has 1 aliphatic carbocycles. The molecule has 2 amide bonds. The second-order valence-corrected chi connectivity index (χ2v) is 6.80. The Morgan fingerprint density at radius 3 is 2.61 bits per heavy atom. The molecule has 1 heterocycles. The van der Waals surface area contributed by atoms with E-state index in [1.165, 1.54) is 0 Å². The van der Waals surface area contributed by atoms with Crippen LogP contribution in [0.2, 0.25) is 0 Å². The molecular formula is C17H20N2O4. The number of nitrogens with one attached hydrogen (secondary N) is 1. The number of carbonyl (C=O) groups excluding carboxylic acids is 2. The van der Waals surface area contributed by atoms with Gasteiger partial charge in [0.15, 0.2) is 0 Å². The fourth-order valence-electron chi connectivity index (χ4n) is 3.48. The number of amides is 2. The average molecular weight is 316 g/mol. The zero-order valence-electron chi connectivity index (χ0n) is 13.2. The van der Waals surface area contributed by atoms with Crippen molar-refractivity contribution in [2.75, 3.05) is 16.8 Å². The Hall–Kier alpha value is -2.37. The highest BCUT2D eigenvalue weighted by Gasteiger charge is 2.65. The van der Waals surface area contributed by atoms with Gasteiger partial charge in [-0.1, -0.05) is 19.9 Å². The molecule has 0 aromatic heterocycles. The molecule has 1 saturated carbocycles. The molecule has 23 heavy (non-hydrogen) atoms. The van der Waals surface area contributed by atoms with Crippen LogP contribution in [0.3, 0.4) is 0 Å². The lowest BCUT2D eigenvalue weighted by Gasteiger charge is -2.17. The first-order valence-corrected chi connectivity index (χ1v) is 7.76. The van der Waals surface area contributed by atoms with Crippen LogP contribution in [0.5, 0.6) is 0 Å². The minimum absolute atomic E-state index is 0.0859. The number of hydrogen-bond donors (Lipinski definition) is 2. The Balaban J connectivity index is 1.73. The Kier molecular flexibility index (Phi) is 3.62. The van der Waals surface area contributed by atoms with Crippen LogP contribution in [0.25, 0.3) is 0 Å². The highest BCUT2D eigenvalue weighted by Crippen LogP contribution is 2.58. The normalized spacial score (nSPS) is 25.3. The lowest BCUT2D eigenvalue weighted by molar-refractivity contribution is -0.140. The predicted octanol–water partition coefficient (Wildman–Crippen LogP) is 2.11. The van der Waals surface area contributed by atoms with E-state index in [2.05, 4.69) is 5.32 Å². The number of aliphatic carboxylic acids is 1. The fourth-order valence-corrected chi connectivity index (χ4v) is 3.48. The Morgan fingerprint density at radius 1 is 1.30 bits per heavy atom. The van der Waals surface area contributed by atoms with Gasteiger partial charge in [-0.05, 0) is 30.0 Å². The summed E-state index contributed by atoms with van der Waals surface area (Å²) in [6.07, 6.45) is 1.39. The van der Waals surface area contributed by atoms with Crippen molar-refractivity contribution >= 4 is 29.2 Å². The molecule has 1 aromatic rings. The van der Waals surface area contributed by atoms with E-state index in [1.807, 2.05) is 6.07 Å².